The molecule has 1 aromatic carbocycles. The van der Waals surface area contributed by atoms with Crippen LogP contribution in [0.1, 0.15) is 32.8 Å². The molecule has 1 aromatic rings. The summed E-state index contributed by atoms with van der Waals surface area (Å²) in [6, 6.07) is 10.4. The van der Waals surface area contributed by atoms with Gasteiger partial charge in [0.1, 0.15) is 0 Å². The van der Waals surface area contributed by atoms with Crippen molar-refractivity contribution >= 4 is 45.5 Å². The topological polar surface area (TPSA) is 74.2 Å². The van der Waals surface area contributed by atoms with Gasteiger partial charge >= 0.3 is 0 Å². The lowest BCUT2D eigenvalue weighted by Crippen LogP contribution is -2.49. The van der Waals surface area contributed by atoms with Crippen molar-refractivity contribution in [3.05, 3.63) is 42.0 Å². The first-order chi connectivity index (χ1) is 14.4. The molecule has 2 aliphatic rings. The van der Waals surface area contributed by atoms with Gasteiger partial charge in [-0.3, -0.25) is 4.99 Å². The predicted molar refractivity (Wildman–Crippen MR) is 137 cm³/mol. The number of nitrogens with one attached hydrogen (secondary N) is 1. The molecule has 3 rings (SSSR count). The van der Waals surface area contributed by atoms with Crippen LogP contribution in [0, 0.1) is 0 Å². The van der Waals surface area contributed by atoms with E-state index in [1.807, 2.05) is 26.8 Å². The van der Waals surface area contributed by atoms with Crippen LogP contribution in [0.25, 0.3) is 5.57 Å². The van der Waals surface area contributed by atoms with Gasteiger partial charge in [0, 0.05) is 32.7 Å². The van der Waals surface area contributed by atoms with E-state index in [9.17, 15) is 8.42 Å². The Balaban J connectivity index is 0.00000341. The van der Waals surface area contributed by atoms with Crippen molar-refractivity contribution in [1.29, 1.82) is 0 Å². The van der Waals surface area contributed by atoms with E-state index in [2.05, 4.69) is 45.6 Å². The molecule has 2 unspecified atom stereocenters. The number of halogens is 1. The Morgan fingerprint density at radius 2 is 1.87 bits per heavy atom. The zero-order valence-corrected chi connectivity index (χ0v) is 21.8. The Hall–Kier alpha value is -1.17. The maximum Gasteiger partial charge on any atom is 0.216 e. The van der Waals surface area contributed by atoms with E-state index >= 15 is 0 Å². The molecule has 1 N–H and O–H groups in total. The van der Waals surface area contributed by atoms with Gasteiger partial charge in [0.25, 0.3) is 0 Å². The molecule has 2 atom stereocenters. The first-order valence-corrected chi connectivity index (χ1v) is 12.4. The number of hydrogen-bond donors (Lipinski definition) is 1. The number of benzene rings is 1. The molecule has 9 heteroatoms. The van der Waals surface area contributed by atoms with Crippen molar-refractivity contribution in [3.8, 4) is 0 Å². The molecule has 0 amide bonds. The molecule has 2 heterocycles. The van der Waals surface area contributed by atoms with Crippen molar-refractivity contribution in [2.24, 2.45) is 4.99 Å². The highest BCUT2D eigenvalue weighted by atomic mass is 127. The van der Waals surface area contributed by atoms with Gasteiger partial charge in [-0.05, 0) is 38.3 Å². The highest BCUT2D eigenvalue weighted by Crippen LogP contribution is 2.22. The number of nitrogens with zero attached hydrogens (tertiary/aromatic N) is 3. The van der Waals surface area contributed by atoms with Crippen LogP contribution in [0.5, 0.6) is 0 Å². The second kappa shape index (κ2) is 12.2. The zero-order valence-electron chi connectivity index (χ0n) is 18.7. The highest BCUT2D eigenvalue weighted by molar-refractivity contribution is 14.0. The first-order valence-electron chi connectivity index (χ1n) is 10.8. The summed E-state index contributed by atoms with van der Waals surface area (Å²) >= 11 is 0. The van der Waals surface area contributed by atoms with Crippen LogP contribution in [0.4, 0.5) is 0 Å². The second-order valence-corrected chi connectivity index (χ2v) is 10.0. The fourth-order valence-corrected chi connectivity index (χ4v) is 5.41. The second-order valence-electron chi connectivity index (χ2n) is 7.92. The summed E-state index contributed by atoms with van der Waals surface area (Å²) in [5.74, 6) is 0.792. The van der Waals surface area contributed by atoms with Gasteiger partial charge in [0.05, 0.1) is 24.5 Å². The molecule has 1 fully saturated rings. The van der Waals surface area contributed by atoms with Crippen molar-refractivity contribution in [1.82, 2.24) is 14.5 Å². The van der Waals surface area contributed by atoms with Crippen LogP contribution in [-0.4, -0.2) is 80.8 Å². The summed E-state index contributed by atoms with van der Waals surface area (Å²) in [7, 11) is -3.35. The number of aliphatic imine (C=N–C) groups is 1. The molecule has 0 saturated carbocycles. The number of ether oxygens (including phenoxy) is 1. The molecule has 0 aliphatic carbocycles. The van der Waals surface area contributed by atoms with Crippen LogP contribution in [-0.2, 0) is 14.8 Å². The van der Waals surface area contributed by atoms with E-state index < -0.39 is 10.0 Å². The molecule has 7 nitrogen and oxygen atoms in total. The molecule has 0 spiro atoms. The Kier molecular flexibility index (Phi) is 10.2. The Bertz CT molecular complexity index is 851. The van der Waals surface area contributed by atoms with Crippen LogP contribution in [0.3, 0.4) is 0 Å². The summed E-state index contributed by atoms with van der Waals surface area (Å²) in [5.41, 5.74) is 2.61. The molecule has 174 valence electrons. The quantitative estimate of drug-likeness (QED) is 0.328. The van der Waals surface area contributed by atoms with Crippen LogP contribution < -0.4 is 5.32 Å². The molecule has 31 heavy (non-hydrogen) atoms. The summed E-state index contributed by atoms with van der Waals surface area (Å²) in [4.78, 5) is 6.80. The van der Waals surface area contributed by atoms with Crippen LogP contribution in [0.2, 0.25) is 0 Å². The van der Waals surface area contributed by atoms with E-state index in [0.29, 0.717) is 13.1 Å². The molecule has 2 aliphatic heterocycles. The van der Waals surface area contributed by atoms with Gasteiger partial charge in [-0.15, -0.1) is 24.0 Å². The third kappa shape index (κ3) is 7.44. The smallest absolute Gasteiger partial charge is 0.216 e. The average Bonchev–Trinajstić information content (AvgIpc) is 2.73. The molecule has 0 radical (unpaired) electrons. The standard InChI is InChI=1S/C22H34N4O3S.HI/c1-4-23-22(25-13-10-21(11-14-25)20-8-6-5-7-9-20)24-12-15-30(27,28)26-16-18(2)29-19(3)17-26;/h5-10,18-19H,4,11-17H2,1-3H3,(H,23,24);1H. The fourth-order valence-electron chi connectivity index (χ4n) is 3.96. The van der Waals surface area contributed by atoms with E-state index in [4.69, 9.17) is 4.74 Å². The maximum atomic E-state index is 12.7. The zero-order chi connectivity index (χ0) is 21.6. The van der Waals surface area contributed by atoms with Gasteiger partial charge in [-0.1, -0.05) is 36.4 Å². The Morgan fingerprint density at radius 3 is 2.45 bits per heavy atom. The minimum Gasteiger partial charge on any atom is -0.373 e. The van der Waals surface area contributed by atoms with Gasteiger partial charge in [-0.2, -0.15) is 4.31 Å². The largest absolute Gasteiger partial charge is 0.373 e. The third-order valence-electron chi connectivity index (χ3n) is 5.38. The van der Waals surface area contributed by atoms with E-state index in [1.54, 1.807) is 4.31 Å². The van der Waals surface area contributed by atoms with Crippen molar-refractivity contribution in [2.45, 2.75) is 39.4 Å². The van der Waals surface area contributed by atoms with E-state index in [1.165, 1.54) is 11.1 Å². The van der Waals surface area contributed by atoms with Gasteiger partial charge in [0.2, 0.25) is 10.0 Å². The lowest BCUT2D eigenvalue weighted by molar-refractivity contribution is -0.0440. The minimum absolute atomic E-state index is 0. The fraction of sp³-hybridized carbons (Fsp3) is 0.591. The van der Waals surface area contributed by atoms with Gasteiger partial charge in [-0.25, -0.2) is 8.42 Å². The minimum atomic E-state index is -3.35. The van der Waals surface area contributed by atoms with Crippen LogP contribution >= 0.6 is 24.0 Å². The average molecular weight is 563 g/mol. The third-order valence-corrected chi connectivity index (χ3v) is 7.16. The first kappa shape index (κ1) is 26.1. The monoisotopic (exact) mass is 562 g/mol. The summed E-state index contributed by atoms with van der Waals surface area (Å²) in [6.45, 7) is 9.29. The normalized spacial score (nSPS) is 23.1. The van der Waals surface area contributed by atoms with Crippen molar-refractivity contribution in [2.75, 3.05) is 45.0 Å². The lowest BCUT2D eigenvalue weighted by atomic mass is 10.00. The van der Waals surface area contributed by atoms with Crippen LogP contribution in [0.15, 0.2) is 41.4 Å². The predicted octanol–water partition coefficient (Wildman–Crippen LogP) is 2.80. The van der Waals surface area contributed by atoms with Gasteiger partial charge < -0.3 is 15.0 Å². The molecule has 0 aromatic heterocycles. The Morgan fingerprint density at radius 1 is 1.19 bits per heavy atom. The summed E-state index contributed by atoms with van der Waals surface area (Å²) in [5, 5.41) is 3.31. The van der Waals surface area contributed by atoms with E-state index in [0.717, 1.165) is 32.0 Å². The van der Waals surface area contributed by atoms with E-state index in [-0.39, 0.29) is 48.5 Å². The number of rotatable bonds is 6. The summed E-state index contributed by atoms with van der Waals surface area (Å²) in [6.07, 6.45) is 3.02. The molecule has 1 saturated heterocycles. The molecular weight excluding hydrogens is 527 g/mol. The molecule has 0 bridgehead atoms. The maximum absolute atomic E-state index is 12.7. The summed E-state index contributed by atoms with van der Waals surface area (Å²) < 4.78 is 32.7. The Labute approximate surface area is 204 Å². The lowest BCUT2D eigenvalue weighted by Gasteiger charge is -2.34. The highest BCUT2D eigenvalue weighted by Gasteiger charge is 2.30. The molecular formula is C22H35IN4O3S. The number of guanidine groups is 1. The SMILES string of the molecule is CCNC(=NCCS(=O)(=O)N1CC(C)OC(C)C1)N1CC=C(c2ccccc2)CC1.I. The van der Waals surface area contributed by atoms with Crippen molar-refractivity contribution in [3.63, 3.8) is 0 Å². The van der Waals surface area contributed by atoms with Crippen molar-refractivity contribution < 1.29 is 13.2 Å². The number of sulfonamides is 1. The number of morpholine rings is 1. The van der Waals surface area contributed by atoms with Gasteiger partial charge in [0.15, 0.2) is 5.96 Å². The number of hydrogen-bond acceptors (Lipinski definition) is 4.